The fourth-order valence-corrected chi connectivity index (χ4v) is 3.84. The summed E-state index contributed by atoms with van der Waals surface area (Å²) in [5.41, 5.74) is 7.09. The minimum absolute atomic E-state index is 0.0647. The smallest absolute Gasteiger partial charge is 0.338 e. The molecule has 0 amide bonds. The first kappa shape index (κ1) is 29.8. The van der Waals surface area contributed by atoms with Gasteiger partial charge in [-0.15, -0.1) is 0 Å². The summed E-state index contributed by atoms with van der Waals surface area (Å²) in [6.07, 6.45) is 15.3. The molecule has 0 aliphatic rings. The summed E-state index contributed by atoms with van der Waals surface area (Å²) in [5.74, 6) is -0.451. The molecule has 0 bridgehead atoms. The van der Waals surface area contributed by atoms with Crippen molar-refractivity contribution in [2.24, 2.45) is 0 Å². The van der Waals surface area contributed by atoms with Crippen LogP contribution in [0.3, 0.4) is 0 Å². The molecular formula is C34H42O3. The van der Waals surface area contributed by atoms with Gasteiger partial charge in [-0.3, -0.25) is 4.79 Å². The summed E-state index contributed by atoms with van der Waals surface area (Å²) in [6.45, 7) is 11.0. The third kappa shape index (κ3) is 11.9. The number of benzene rings is 2. The van der Waals surface area contributed by atoms with Crippen molar-refractivity contribution in [3.05, 3.63) is 118 Å². The molecule has 0 saturated heterocycles. The zero-order valence-corrected chi connectivity index (χ0v) is 23.2. The maximum absolute atomic E-state index is 12.5. The number of rotatable bonds is 14. The lowest BCUT2D eigenvalue weighted by Gasteiger charge is -2.05. The summed E-state index contributed by atoms with van der Waals surface area (Å²) in [4.78, 5) is 24.9. The van der Waals surface area contributed by atoms with Crippen molar-refractivity contribution >= 4 is 11.8 Å². The lowest BCUT2D eigenvalue weighted by Crippen LogP contribution is -2.07. The summed E-state index contributed by atoms with van der Waals surface area (Å²) < 4.78 is 5.40. The molecule has 0 atom stereocenters. The second-order valence-electron chi connectivity index (χ2n) is 9.92. The number of ketones is 1. The molecule has 0 aliphatic heterocycles. The highest BCUT2D eigenvalue weighted by molar-refractivity contribution is 6.09. The lowest BCUT2D eigenvalue weighted by atomic mass is 10.0. The number of carbonyl (C=O) groups is 2. The van der Waals surface area contributed by atoms with Gasteiger partial charge in [-0.1, -0.05) is 83.0 Å². The minimum Gasteiger partial charge on any atom is -0.458 e. The Kier molecular flexibility index (Phi) is 13.1. The van der Waals surface area contributed by atoms with Crippen LogP contribution in [-0.2, 0) is 4.74 Å². The van der Waals surface area contributed by atoms with Gasteiger partial charge in [0.1, 0.15) is 6.61 Å². The van der Waals surface area contributed by atoms with E-state index in [9.17, 15) is 9.59 Å². The Morgan fingerprint density at radius 2 is 1.05 bits per heavy atom. The second-order valence-corrected chi connectivity index (χ2v) is 9.92. The van der Waals surface area contributed by atoms with Crippen LogP contribution in [0.5, 0.6) is 0 Å². The van der Waals surface area contributed by atoms with E-state index in [2.05, 4.69) is 52.8 Å². The maximum Gasteiger partial charge on any atom is 0.338 e. The molecule has 3 nitrogen and oxygen atoms in total. The third-order valence-electron chi connectivity index (χ3n) is 6.22. The van der Waals surface area contributed by atoms with E-state index in [4.69, 9.17) is 4.74 Å². The molecule has 2 aromatic carbocycles. The van der Waals surface area contributed by atoms with Gasteiger partial charge in [0.25, 0.3) is 0 Å². The highest BCUT2D eigenvalue weighted by Crippen LogP contribution is 2.14. The zero-order valence-electron chi connectivity index (χ0n) is 23.2. The minimum atomic E-state index is -0.386. The first-order chi connectivity index (χ1) is 17.8. The van der Waals surface area contributed by atoms with Crippen LogP contribution in [0.2, 0.25) is 0 Å². The molecule has 0 spiro atoms. The van der Waals surface area contributed by atoms with E-state index in [0.29, 0.717) is 16.7 Å². The Labute approximate surface area is 223 Å². The van der Waals surface area contributed by atoms with Gasteiger partial charge in [-0.05, 0) is 91.4 Å². The van der Waals surface area contributed by atoms with E-state index >= 15 is 0 Å². The molecule has 0 unspecified atom stereocenters. The van der Waals surface area contributed by atoms with E-state index in [0.717, 1.165) is 38.5 Å². The van der Waals surface area contributed by atoms with Gasteiger partial charge < -0.3 is 4.74 Å². The summed E-state index contributed by atoms with van der Waals surface area (Å²) in [5, 5.41) is 0. The van der Waals surface area contributed by atoms with Crippen LogP contribution in [0.15, 0.2) is 101 Å². The van der Waals surface area contributed by atoms with E-state index in [1.54, 1.807) is 36.4 Å². The van der Waals surface area contributed by atoms with Gasteiger partial charge in [-0.2, -0.15) is 0 Å². The average molecular weight is 499 g/mol. The first-order valence-corrected chi connectivity index (χ1v) is 13.2. The van der Waals surface area contributed by atoms with Crippen molar-refractivity contribution in [1.82, 2.24) is 0 Å². The molecular weight excluding hydrogens is 456 g/mol. The van der Waals surface area contributed by atoms with Gasteiger partial charge in [0.05, 0.1) is 5.56 Å². The van der Waals surface area contributed by atoms with Crippen molar-refractivity contribution in [2.45, 2.75) is 73.1 Å². The Morgan fingerprint density at radius 3 is 1.59 bits per heavy atom. The van der Waals surface area contributed by atoms with Gasteiger partial charge in [-0.25, -0.2) is 4.79 Å². The molecule has 3 heteroatoms. The molecule has 0 heterocycles. The fourth-order valence-electron chi connectivity index (χ4n) is 3.84. The number of allylic oxidation sites excluding steroid dienone is 7. The molecule has 0 aromatic heterocycles. The molecule has 0 radical (unpaired) electrons. The molecule has 37 heavy (non-hydrogen) atoms. The average Bonchev–Trinajstić information content (AvgIpc) is 2.88. The Morgan fingerprint density at radius 1 is 0.595 bits per heavy atom. The van der Waals surface area contributed by atoms with Crippen LogP contribution < -0.4 is 0 Å². The summed E-state index contributed by atoms with van der Waals surface area (Å²) >= 11 is 0. The Bertz CT molecular complexity index is 1130. The lowest BCUT2D eigenvalue weighted by molar-refractivity contribution is 0.0548. The molecule has 0 fully saturated rings. The van der Waals surface area contributed by atoms with Gasteiger partial charge in [0.2, 0.25) is 0 Å². The highest BCUT2D eigenvalue weighted by Gasteiger charge is 2.11. The normalized spacial score (nSPS) is 12.3. The van der Waals surface area contributed by atoms with Crippen molar-refractivity contribution < 1.29 is 14.3 Å². The Balaban J connectivity index is 1.70. The number of hydrogen-bond acceptors (Lipinski definition) is 3. The van der Waals surface area contributed by atoms with Gasteiger partial charge in [0.15, 0.2) is 5.78 Å². The SMILES string of the molecule is CC(C)=CCCC(C)=CCCC(C)=CCCC(C)=CCOC(=O)c1ccc(C(=O)c2ccccc2)cc1. The zero-order chi connectivity index (χ0) is 27.0. The predicted molar refractivity (Wildman–Crippen MR) is 155 cm³/mol. The standard InChI is InChI=1S/C34H42O3/c1-26(2)12-9-13-27(3)14-10-15-28(4)16-11-17-29(5)24-25-37-34(36)32-22-20-31(21-23-32)33(35)30-18-7-6-8-19-30/h6-8,12,14,16,18-24H,9-11,13,15,17,25H2,1-5H3. The van der Waals surface area contributed by atoms with Crippen LogP contribution in [0, 0.1) is 0 Å². The van der Waals surface area contributed by atoms with Gasteiger partial charge >= 0.3 is 5.97 Å². The number of hydrogen-bond donors (Lipinski definition) is 0. The van der Waals surface area contributed by atoms with E-state index in [1.807, 2.05) is 24.3 Å². The van der Waals surface area contributed by atoms with Crippen molar-refractivity contribution in [2.75, 3.05) is 6.61 Å². The third-order valence-corrected chi connectivity index (χ3v) is 6.22. The largest absolute Gasteiger partial charge is 0.458 e. The van der Waals surface area contributed by atoms with Crippen LogP contribution in [-0.4, -0.2) is 18.4 Å². The van der Waals surface area contributed by atoms with E-state index in [-0.39, 0.29) is 18.4 Å². The molecule has 196 valence electrons. The van der Waals surface area contributed by atoms with Crippen LogP contribution in [0.1, 0.15) is 99.4 Å². The summed E-state index contributed by atoms with van der Waals surface area (Å²) in [6, 6.07) is 15.7. The topological polar surface area (TPSA) is 43.4 Å². The monoisotopic (exact) mass is 498 g/mol. The molecule has 0 saturated carbocycles. The number of carbonyl (C=O) groups excluding carboxylic acids is 2. The molecule has 0 N–H and O–H groups in total. The highest BCUT2D eigenvalue weighted by atomic mass is 16.5. The van der Waals surface area contributed by atoms with E-state index < -0.39 is 0 Å². The number of esters is 1. The number of ether oxygens (including phenoxy) is 1. The first-order valence-electron chi connectivity index (χ1n) is 13.2. The molecule has 2 aromatic rings. The summed E-state index contributed by atoms with van der Waals surface area (Å²) in [7, 11) is 0. The second kappa shape index (κ2) is 16.3. The Hall–Kier alpha value is -3.46. The fraction of sp³-hybridized carbons (Fsp3) is 0.353. The van der Waals surface area contributed by atoms with Gasteiger partial charge in [0, 0.05) is 11.1 Å². The van der Waals surface area contributed by atoms with E-state index in [1.165, 1.54) is 22.3 Å². The van der Waals surface area contributed by atoms with Crippen molar-refractivity contribution in [1.29, 1.82) is 0 Å². The van der Waals surface area contributed by atoms with Crippen molar-refractivity contribution in [3.8, 4) is 0 Å². The molecule has 2 rings (SSSR count). The van der Waals surface area contributed by atoms with Crippen LogP contribution in [0.4, 0.5) is 0 Å². The quantitative estimate of drug-likeness (QED) is 0.148. The van der Waals surface area contributed by atoms with Crippen LogP contribution in [0.25, 0.3) is 0 Å². The maximum atomic E-state index is 12.5. The van der Waals surface area contributed by atoms with Crippen molar-refractivity contribution in [3.63, 3.8) is 0 Å². The van der Waals surface area contributed by atoms with Crippen LogP contribution >= 0.6 is 0 Å². The molecule has 0 aliphatic carbocycles. The predicted octanol–water partition coefficient (Wildman–Crippen LogP) is 9.22.